The third-order valence-electron chi connectivity index (χ3n) is 9.30. The summed E-state index contributed by atoms with van der Waals surface area (Å²) in [6.07, 6.45) is 0. The smallest absolute Gasteiger partial charge is 0.161 e. The topological polar surface area (TPSA) is 38.9 Å². The van der Waals surface area contributed by atoms with Crippen molar-refractivity contribution in [3.05, 3.63) is 145 Å². The van der Waals surface area contributed by atoms with Crippen molar-refractivity contribution in [3.8, 4) is 44.9 Å². The molecule has 9 rings (SSSR count). The second-order valence-electron chi connectivity index (χ2n) is 12.2. The molecule has 0 unspecified atom stereocenters. The summed E-state index contributed by atoms with van der Waals surface area (Å²) in [5.74, 6) is 0.693. The van der Waals surface area contributed by atoms with E-state index in [1.54, 1.807) is 0 Å². The minimum absolute atomic E-state index is 0.0502. The van der Waals surface area contributed by atoms with Crippen molar-refractivity contribution >= 4 is 32.8 Å². The zero-order chi connectivity index (χ0) is 29.4. The van der Waals surface area contributed by atoms with E-state index in [-0.39, 0.29) is 5.41 Å². The quantitative estimate of drug-likeness (QED) is 0.214. The molecule has 2 aromatic heterocycles. The van der Waals surface area contributed by atoms with E-state index in [9.17, 15) is 0 Å². The summed E-state index contributed by atoms with van der Waals surface area (Å²) in [7, 11) is 0. The standard InChI is InChI=1S/C41H28N2O/c1-41(2)33-16-8-6-13-28(33)29-21-19-27(24-34(29)41)26-20-22-36-32(23-26)38-31(15-10-18-37(38)44-36)40-42-35-17-9-7-14-30(35)39(43-40)25-11-4-3-5-12-25/h3-24H,1-2H3. The molecule has 0 atom stereocenters. The molecule has 0 fully saturated rings. The maximum Gasteiger partial charge on any atom is 0.161 e. The number of fused-ring (bicyclic) bond motifs is 7. The highest BCUT2D eigenvalue weighted by Gasteiger charge is 2.35. The zero-order valence-electron chi connectivity index (χ0n) is 24.5. The Labute approximate surface area is 255 Å². The van der Waals surface area contributed by atoms with Crippen LogP contribution in [-0.4, -0.2) is 9.97 Å². The zero-order valence-corrected chi connectivity index (χ0v) is 24.5. The number of para-hydroxylation sites is 1. The Morgan fingerprint density at radius 3 is 2.14 bits per heavy atom. The molecular weight excluding hydrogens is 536 g/mol. The molecule has 0 amide bonds. The summed E-state index contributed by atoms with van der Waals surface area (Å²) in [5.41, 5.74) is 13.3. The van der Waals surface area contributed by atoms with Gasteiger partial charge in [-0.05, 0) is 63.7 Å². The van der Waals surface area contributed by atoms with Gasteiger partial charge in [-0.1, -0.05) is 117 Å². The van der Waals surface area contributed by atoms with Gasteiger partial charge in [-0.2, -0.15) is 0 Å². The van der Waals surface area contributed by atoms with Gasteiger partial charge in [-0.15, -0.1) is 0 Å². The monoisotopic (exact) mass is 564 g/mol. The van der Waals surface area contributed by atoms with Crippen LogP contribution in [0.3, 0.4) is 0 Å². The first-order valence-corrected chi connectivity index (χ1v) is 15.1. The second kappa shape index (κ2) is 9.23. The van der Waals surface area contributed by atoms with E-state index in [1.807, 2.05) is 30.3 Å². The van der Waals surface area contributed by atoms with Gasteiger partial charge in [0.05, 0.1) is 11.2 Å². The van der Waals surface area contributed by atoms with Crippen LogP contribution >= 0.6 is 0 Å². The fourth-order valence-corrected chi connectivity index (χ4v) is 7.09. The fourth-order valence-electron chi connectivity index (χ4n) is 7.09. The van der Waals surface area contributed by atoms with Crippen molar-refractivity contribution in [2.24, 2.45) is 0 Å². The molecule has 208 valence electrons. The summed E-state index contributed by atoms with van der Waals surface area (Å²) in [4.78, 5) is 10.3. The van der Waals surface area contributed by atoms with Gasteiger partial charge >= 0.3 is 0 Å². The highest BCUT2D eigenvalue weighted by molar-refractivity contribution is 6.13. The Morgan fingerprint density at radius 1 is 0.500 bits per heavy atom. The lowest BCUT2D eigenvalue weighted by Crippen LogP contribution is -2.14. The third kappa shape index (κ3) is 3.62. The molecule has 1 aliphatic carbocycles. The van der Waals surface area contributed by atoms with Gasteiger partial charge in [0.1, 0.15) is 11.2 Å². The first kappa shape index (κ1) is 25.0. The van der Waals surface area contributed by atoms with Crippen LogP contribution in [0.5, 0.6) is 0 Å². The van der Waals surface area contributed by atoms with Crippen molar-refractivity contribution in [1.29, 1.82) is 0 Å². The van der Waals surface area contributed by atoms with Crippen LogP contribution in [0, 0.1) is 0 Å². The van der Waals surface area contributed by atoms with Crippen molar-refractivity contribution in [2.75, 3.05) is 0 Å². The van der Waals surface area contributed by atoms with Gasteiger partial charge in [0.25, 0.3) is 0 Å². The SMILES string of the molecule is CC1(C)c2ccccc2-c2ccc(-c3ccc4oc5cccc(-c6nc(-c7ccccc7)c7ccccc7n6)c5c4c3)cc21. The lowest BCUT2D eigenvalue weighted by atomic mass is 9.81. The average Bonchev–Trinajstić information content (AvgIpc) is 3.56. The number of nitrogens with zero attached hydrogens (tertiary/aromatic N) is 2. The van der Waals surface area contributed by atoms with Crippen molar-refractivity contribution in [2.45, 2.75) is 19.3 Å². The molecule has 0 saturated heterocycles. The van der Waals surface area contributed by atoms with E-state index in [0.29, 0.717) is 5.82 Å². The fraction of sp³-hybridized carbons (Fsp3) is 0.0732. The van der Waals surface area contributed by atoms with Crippen LogP contribution in [0.4, 0.5) is 0 Å². The maximum absolute atomic E-state index is 6.40. The molecule has 6 aromatic carbocycles. The summed E-state index contributed by atoms with van der Waals surface area (Å²) in [5, 5.41) is 3.14. The van der Waals surface area contributed by atoms with Gasteiger partial charge in [-0.3, -0.25) is 0 Å². The van der Waals surface area contributed by atoms with E-state index in [2.05, 4.69) is 117 Å². The molecule has 3 nitrogen and oxygen atoms in total. The minimum atomic E-state index is -0.0502. The molecule has 3 heteroatoms. The number of hydrogen-bond donors (Lipinski definition) is 0. The highest BCUT2D eigenvalue weighted by Crippen LogP contribution is 2.49. The normalized spacial score (nSPS) is 13.4. The summed E-state index contributed by atoms with van der Waals surface area (Å²) < 4.78 is 6.40. The molecular formula is C41H28N2O. The molecule has 0 saturated carbocycles. The molecule has 8 aromatic rings. The molecule has 0 bridgehead atoms. The first-order valence-electron chi connectivity index (χ1n) is 15.1. The van der Waals surface area contributed by atoms with Gasteiger partial charge in [0, 0.05) is 32.7 Å². The van der Waals surface area contributed by atoms with E-state index in [1.165, 1.54) is 27.8 Å². The average molecular weight is 565 g/mol. The first-order chi connectivity index (χ1) is 21.6. The lowest BCUT2D eigenvalue weighted by Gasteiger charge is -2.22. The predicted molar refractivity (Wildman–Crippen MR) is 181 cm³/mol. The van der Waals surface area contributed by atoms with E-state index in [4.69, 9.17) is 14.4 Å². The molecule has 0 aliphatic heterocycles. The lowest BCUT2D eigenvalue weighted by molar-refractivity contribution is 0.660. The molecule has 0 N–H and O–H groups in total. The van der Waals surface area contributed by atoms with Crippen LogP contribution in [0.25, 0.3) is 77.7 Å². The van der Waals surface area contributed by atoms with Crippen LogP contribution in [0.15, 0.2) is 138 Å². The Morgan fingerprint density at radius 2 is 1.23 bits per heavy atom. The van der Waals surface area contributed by atoms with Gasteiger partial charge < -0.3 is 4.42 Å². The Kier molecular flexibility index (Phi) is 5.24. The number of benzene rings is 6. The number of aromatic nitrogens is 2. The van der Waals surface area contributed by atoms with Crippen LogP contribution in [0.1, 0.15) is 25.0 Å². The van der Waals surface area contributed by atoms with Crippen LogP contribution in [-0.2, 0) is 5.41 Å². The maximum atomic E-state index is 6.40. The third-order valence-corrected chi connectivity index (χ3v) is 9.30. The molecule has 0 spiro atoms. The van der Waals surface area contributed by atoms with Gasteiger partial charge in [0.15, 0.2) is 5.82 Å². The minimum Gasteiger partial charge on any atom is -0.456 e. The molecule has 44 heavy (non-hydrogen) atoms. The Hall–Kier alpha value is -5.54. The molecule has 0 radical (unpaired) electrons. The van der Waals surface area contributed by atoms with Crippen molar-refractivity contribution in [1.82, 2.24) is 9.97 Å². The molecule has 2 heterocycles. The number of rotatable bonds is 3. The summed E-state index contributed by atoms with van der Waals surface area (Å²) >= 11 is 0. The van der Waals surface area contributed by atoms with E-state index < -0.39 is 0 Å². The highest BCUT2D eigenvalue weighted by atomic mass is 16.3. The van der Waals surface area contributed by atoms with E-state index >= 15 is 0 Å². The second-order valence-corrected chi connectivity index (χ2v) is 12.2. The summed E-state index contributed by atoms with van der Waals surface area (Å²) in [6, 6.07) is 47.0. The van der Waals surface area contributed by atoms with E-state index in [0.717, 1.165) is 55.2 Å². The Bertz CT molecular complexity index is 2420. The molecule has 1 aliphatic rings. The largest absolute Gasteiger partial charge is 0.456 e. The van der Waals surface area contributed by atoms with Crippen LogP contribution < -0.4 is 0 Å². The van der Waals surface area contributed by atoms with Gasteiger partial charge in [0.2, 0.25) is 0 Å². The number of hydrogen-bond acceptors (Lipinski definition) is 3. The van der Waals surface area contributed by atoms with Gasteiger partial charge in [-0.25, -0.2) is 9.97 Å². The Balaban J connectivity index is 1.24. The summed E-state index contributed by atoms with van der Waals surface area (Å²) in [6.45, 7) is 4.65. The predicted octanol–water partition coefficient (Wildman–Crippen LogP) is 10.8. The van der Waals surface area contributed by atoms with Crippen molar-refractivity contribution < 1.29 is 4.42 Å². The number of furan rings is 1. The van der Waals surface area contributed by atoms with Crippen LogP contribution in [0.2, 0.25) is 0 Å². The van der Waals surface area contributed by atoms with Crippen molar-refractivity contribution in [3.63, 3.8) is 0 Å².